The van der Waals surface area contributed by atoms with E-state index >= 15 is 0 Å². The standard InChI is InChI=1S/C17H14BrN3O/c1-12-7-8-15(14(18)11-12)19-17(22)16-9-10-21(20-16)13-5-3-2-4-6-13/h2-11H,1H3,(H,19,22). The molecular weight excluding hydrogens is 342 g/mol. The van der Waals surface area contributed by atoms with Gasteiger partial charge in [-0.1, -0.05) is 24.3 Å². The van der Waals surface area contributed by atoms with Crippen molar-refractivity contribution in [2.45, 2.75) is 6.92 Å². The summed E-state index contributed by atoms with van der Waals surface area (Å²) in [5.74, 6) is -0.237. The van der Waals surface area contributed by atoms with Gasteiger partial charge in [-0.3, -0.25) is 4.79 Å². The number of nitrogens with zero attached hydrogens (tertiary/aromatic N) is 2. The van der Waals surface area contributed by atoms with Crippen molar-refractivity contribution in [2.24, 2.45) is 0 Å². The third-order valence-electron chi connectivity index (χ3n) is 3.22. The van der Waals surface area contributed by atoms with Crippen molar-refractivity contribution in [1.29, 1.82) is 0 Å². The third kappa shape index (κ3) is 3.09. The number of benzene rings is 2. The fourth-order valence-electron chi connectivity index (χ4n) is 2.08. The van der Waals surface area contributed by atoms with Crippen LogP contribution in [-0.4, -0.2) is 15.7 Å². The van der Waals surface area contributed by atoms with E-state index in [1.165, 1.54) is 0 Å². The van der Waals surface area contributed by atoms with Crippen LogP contribution in [0.25, 0.3) is 5.69 Å². The van der Waals surface area contributed by atoms with Gasteiger partial charge in [-0.2, -0.15) is 5.10 Å². The minimum absolute atomic E-state index is 0.237. The number of rotatable bonds is 3. The van der Waals surface area contributed by atoms with Crippen LogP contribution in [-0.2, 0) is 0 Å². The molecule has 0 aliphatic rings. The topological polar surface area (TPSA) is 46.9 Å². The van der Waals surface area contributed by atoms with Crippen LogP contribution >= 0.6 is 15.9 Å². The van der Waals surface area contributed by atoms with Crippen LogP contribution in [0.4, 0.5) is 5.69 Å². The fourth-order valence-corrected chi connectivity index (χ4v) is 2.67. The zero-order chi connectivity index (χ0) is 15.5. The zero-order valence-electron chi connectivity index (χ0n) is 12.0. The first kappa shape index (κ1) is 14.5. The molecule has 0 aliphatic carbocycles. The van der Waals surface area contributed by atoms with Crippen LogP contribution in [0.2, 0.25) is 0 Å². The van der Waals surface area contributed by atoms with Crippen LogP contribution in [0, 0.1) is 6.92 Å². The Morgan fingerprint density at radius 2 is 1.91 bits per heavy atom. The Bertz CT molecular complexity index is 812. The number of nitrogens with one attached hydrogen (secondary N) is 1. The maximum Gasteiger partial charge on any atom is 0.276 e. The Kier molecular flexibility index (Phi) is 4.06. The molecule has 2 aromatic carbocycles. The SMILES string of the molecule is Cc1ccc(NC(=O)c2ccn(-c3ccccc3)n2)c(Br)c1. The van der Waals surface area contributed by atoms with Gasteiger partial charge in [0.05, 0.1) is 11.4 Å². The summed E-state index contributed by atoms with van der Waals surface area (Å²) < 4.78 is 2.53. The van der Waals surface area contributed by atoms with Crippen molar-refractivity contribution in [3.8, 4) is 5.69 Å². The van der Waals surface area contributed by atoms with Crippen molar-refractivity contribution in [3.63, 3.8) is 0 Å². The van der Waals surface area contributed by atoms with Gasteiger partial charge in [0.15, 0.2) is 5.69 Å². The van der Waals surface area contributed by atoms with Crippen molar-refractivity contribution in [1.82, 2.24) is 9.78 Å². The second-order valence-electron chi connectivity index (χ2n) is 4.92. The summed E-state index contributed by atoms with van der Waals surface area (Å²) in [7, 11) is 0. The molecule has 5 heteroatoms. The summed E-state index contributed by atoms with van der Waals surface area (Å²) in [6.45, 7) is 2.00. The van der Waals surface area contributed by atoms with Crippen LogP contribution in [0.1, 0.15) is 16.1 Å². The number of carbonyl (C=O) groups is 1. The number of para-hydroxylation sites is 1. The number of halogens is 1. The van der Waals surface area contributed by atoms with Crippen molar-refractivity contribution in [2.75, 3.05) is 5.32 Å². The molecule has 0 fully saturated rings. The number of aryl methyl sites for hydroxylation is 1. The molecule has 3 rings (SSSR count). The second-order valence-corrected chi connectivity index (χ2v) is 5.77. The van der Waals surface area contributed by atoms with E-state index < -0.39 is 0 Å². The number of carbonyl (C=O) groups excluding carboxylic acids is 1. The van der Waals surface area contributed by atoms with Crippen LogP contribution in [0.3, 0.4) is 0 Å². The highest BCUT2D eigenvalue weighted by atomic mass is 79.9. The van der Waals surface area contributed by atoms with E-state index in [1.54, 1.807) is 16.9 Å². The Morgan fingerprint density at radius 3 is 2.64 bits per heavy atom. The van der Waals surface area contributed by atoms with E-state index in [2.05, 4.69) is 26.3 Å². The molecule has 22 heavy (non-hydrogen) atoms. The molecular formula is C17H14BrN3O. The zero-order valence-corrected chi connectivity index (χ0v) is 13.5. The Labute approximate surface area is 136 Å². The molecule has 1 aromatic heterocycles. The van der Waals surface area contributed by atoms with Crippen molar-refractivity contribution < 1.29 is 4.79 Å². The molecule has 0 spiro atoms. The van der Waals surface area contributed by atoms with Gasteiger partial charge in [-0.15, -0.1) is 0 Å². The second kappa shape index (κ2) is 6.15. The van der Waals surface area contributed by atoms with Crippen LogP contribution < -0.4 is 5.32 Å². The molecule has 110 valence electrons. The Morgan fingerprint density at radius 1 is 1.14 bits per heavy atom. The quantitative estimate of drug-likeness (QED) is 0.765. The molecule has 1 amide bonds. The number of hydrogen-bond acceptors (Lipinski definition) is 2. The highest BCUT2D eigenvalue weighted by Crippen LogP contribution is 2.23. The maximum absolute atomic E-state index is 12.3. The van der Waals surface area contributed by atoms with Crippen LogP contribution in [0.15, 0.2) is 65.3 Å². The first-order valence-corrected chi connectivity index (χ1v) is 7.61. The predicted octanol–water partition coefficient (Wildman–Crippen LogP) is 4.20. The van der Waals surface area contributed by atoms with Crippen LogP contribution in [0.5, 0.6) is 0 Å². The normalized spacial score (nSPS) is 10.5. The lowest BCUT2D eigenvalue weighted by Gasteiger charge is -2.06. The molecule has 0 aliphatic heterocycles. The predicted molar refractivity (Wildman–Crippen MR) is 90.4 cm³/mol. The van der Waals surface area contributed by atoms with Gasteiger partial charge in [-0.05, 0) is 58.7 Å². The minimum Gasteiger partial charge on any atom is -0.320 e. The van der Waals surface area contributed by atoms with E-state index in [9.17, 15) is 4.79 Å². The van der Waals surface area contributed by atoms with E-state index in [-0.39, 0.29) is 5.91 Å². The molecule has 0 bridgehead atoms. The van der Waals surface area contributed by atoms with E-state index in [0.29, 0.717) is 5.69 Å². The number of aromatic nitrogens is 2. The molecule has 0 saturated heterocycles. The van der Waals surface area contributed by atoms with Gasteiger partial charge in [0.1, 0.15) is 0 Å². The van der Waals surface area contributed by atoms with Gasteiger partial charge >= 0.3 is 0 Å². The maximum atomic E-state index is 12.3. The average Bonchev–Trinajstić information content (AvgIpc) is 3.01. The van der Waals surface area contributed by atoms with E-state index in [4.69, 9.17) is 0 Å². The Hall–Kier alpha value is -2.40. The first-order valence-electron chi connectivity index (χ1n) is 6.82. The highest BCUT2D eigenvalue weighted by molar-refractivity contribution is 9.10. The number of anilines is 1. The summed E-state index contributed by atoms with van der Waals surface area (Å²) in [5, 5.41) is 7.17. The lowest BCUT2D eigenvalue weighted by atomic mass is 10.2. The van der Waals surface area contributed by atoms with Gasteiger partial charge in [0.2, 0.25) is 0 Å². The summed E-state index contributed by atoms with van der Waals surface area (Å²) in [5.41, 5.74) is 3.14. The lowest BCUT2D eigenvalue weighted by Crippen LogP contribution is -2.13. The van der Waals surface area contributed by atoms with Crippen molar-refractivity contribution in [3.05, 3.63) is 76.5 Å². The first-order chi connectivity index (χ1) is 10.6. The molecule has 0 unspecified atom stereocenters. The molecule has 3 aromatic rings. The summed E-state index contributed by atoms with van der Waals surface area (Å²) in [6, 6.07) is 17.1. The summed E-state index contributed by atoms with van der Waals surface area (Å²) in [4.78, 5) is 12.3. The monoisotopic (exact) mass is 355 g/mol. The molecule has 1 N–H and O–H groups in total. The van der Waals surface area contributed by atoms with E-state index in [0.717, 1.165) is 21.4 Å². The molecule has 4 nitrogen and oxygen atoms in total. The number of hydrogen-bond donors (Lipinski definition) is 1. The van der Waals surface area contributed by atoms with Gasteiger partial charge in [0.25, 0.3) is 5.91 Å². The Balaban J connectivity index is 1.80. The minimum atomic E-state index is -0.237. The summed E-state index contributed by atoms with van der Waals surface area (Å²) >= 11 is 3.45. The smallest absolute Gasteiger partial charge is 0.276 e. The van der Waals surface area contributed by atoms with Gasteiger partial charge in [0, 0.05) is 10.7 Å². The molecule has 0 atom stereocenters. The average molecular weight is 356 g/mol. The third-order valence-corrected chi connectivity index (χ3v) is 3.87. The molecule has 1 heterocycles. The van der Waals surface area contributed by atoms with Gasteiger partial charge < -0.3 is 5.32 Å². The molecule has 0 saturated carbocycles. The summed E-state index contributed by atoms with van der Waals surface area (Å²) in [6.07, 6.45) is 1.77. The lowest BCUT2D eigenvalue weighted by molar-refractivity contribution is 0.102. The fraction of sp³-hybridized carbons (Fsp3) is 0.0588. The molecule has 0 radical (unpaired) electrons. The van der Waals surface area contributed by atoms with E-state index in [1.807, 2.05) is 55.5 Å². The highest BCUT2D eigenvalue weighted by Gasteiger charge is 2.12. The van der Waals surface area contributed by atoms with Gasteiger partial charge in [-0.25, -0.2) is 4.68 Å². The van der Waals surface area contributed by atoms with Crippen molar-refractivity contribution >= 4 is 27.5 Å². The number of amides is 1. The largest absolute Gasteiger partial charge is 0.320 e.